The van der Waals surface area contributed by atoms with Crippen molar-refractivity contribution in [3.05, 3.63) is 65.3 Å². The van der Waals surface area contributed by atoms with Gasteiger partial charge in [-0.1, -0.05) is 41.9 Å². The number of carbonyl (C=O) groups excluding carboxylic acids is 1. The van der Waals surface area contributed by atoms with Gasteiger partial charge in [0.25, 0.3) is 0 Å². The summed E-state index contributed by atoms with van der Waals surface area (Å²) in [6.45, 7) is 2.09. The van der Waals surface area contributed by atoms with Crippen molar-refractivity contribution in [2.75, 3.05) is 6.61 Å². The van der Waals surface area contributed by atoms with Crippen molar-refractivity contribution in [2.45, 2.75) is 6.92 Å². The minimum atomic E-state index is -0.420. The van der Waals surface area contributed by atoms with Gasteiger partial charge in [-0.2, -0.15) is 0 Å². The van der Waals surface area contributed by atoms with E-state index in [0.29, 0.717) is 22.8 Å². The summed E-state index contributed by atoms with van der Waals surface area (Å²) in [6.07, 6.45) is 0. The summed E-state index contributed by atoms with van der Waals surface area (Å²) in [7, 11) is 0. The van der Waals surface area contributed by atoms with Crippen LogP contribution < -0.4 is 0 Å². The number of pyridine rings is 1. The van der Waals surface area contributed by atoms with E-state index in [2.05, 4.69) is 4.98 Å². The topological polar surface area (TPSA) is 39.2 Å². The average Bonchev–Trinajstić information content (AvgIpc) is 2.55. The van der Waals surface area contributed by atoms with Crippen molar-refractivity contribution in [3.8, 4) is 11.1 Å². The fourth-order valence-electron chi connectivity index (χ4n) is 2.36. The lowest BCUT2D eigenvalue weighted by atomic mass is 10.00. The highest BCUT2D eigenvalue weighted by Gasteiger charge is 2.14. The Morgan fingerprint density at radius 2 is 1.91 bits per heavy atom. The highest BCUT2D eigenvalue weighted by Crippen LogP contribution is 2.30. The number of halogens is 1. The van der Waals surface area contributed by atoms with Gasteiger partial charge < -0.3 is 4.74 Å². The van der Waals surface area contributed by atoms with E-state index >= 15 is 0 Å². The standard InChI is InChI=1S/C18H14ClNO2/c1-2-22-18(21)17-11-14(12-6-4-3-5-7-12)15-10-13(19)8-9-16(15)20-17/h3-11H,2H2,1H3. The largest absolute Gasteiger partial charge is 0.461 e. The molecule has 3 nitrogen and oxygen atoms in total. The molecule has 1 heterocycles. The Kier molecular flexibility index (Phi) is 4.07. The Hall–Kier alpha value is -2.39. The van der Waals surface area contributed by atoms with Gasteiger partial charge in [0.15, 0.2) is 0 Å². The summed E-state index contributed by atoms with van der Waals surface area (Å²) < 4.78 is 5.06. The van der Waals surface area contributed by atoms with Crippen LogP contribution in [-0.4, -0.2) is 17.6 Å². The summed E-state index contributed by atoms with van der Waals surface area (Å²) in [5, 5.41) is 1.54. The van der Waals surface area contributed by atoms with Gasteiger partial charge in [0.2, 0.25) is 0 Å². The van der Waals surface area contributed by atoms with E-state index in [1.165, 1.54) is 0 Å². The number of hydrogen-bond acceptors (Lipinski definition) is 3. The van der Waals surface area contributed by atoms with Crippen LogP contribution in [-0.2, 0) is 4.74 Å². The zero-order chi connectivity index (χ0) is 15.5. The maximum Gasteiger partial charge on any atom is 0.356 e. The molecule has 2 aromatic carbocycles. The first-order chi connectivity index (χ1) is 10.7. The summed E-state index contributed by atoms with van der Waals surface area (Å²) in [4.78, 5) is 16.4. The van der Waals surface area contributed by atoms with Crippen molar-refractivity contribution < 1.29 is 9.53 Å². The Labute approximate surface area is 133 Å². The van der Waals surface area contributed by atoms with Gasteiger partial charge in [-0.25, -0.2) is 9.78 Å². The SMILES string of the molecule is CCOC(=O)c1cc(-c2ccccc2)c2cc(Cl)ccc2n1. The first-order valence-corrected chi connectivity index (χ1v) is 7.39. The van der Waals surface area contributed by atoms with Gasteiger partial charge in [0.05, 0.1) is 12.1 Å². The van der Waals surface area contributed by atoms with Crippen LogP contribution in [0.15, 0.2) is 54.6 Å². The van der Waals surface area contributed by atoms with Crippen LogP contribution in [0.1, 0.15) is 17.4 Å². The van der Waals surface area contributed by atoms with Crippen LogP contribution in [0.2, 0.25) is 5.02 Å². The van der Waals surface area contributed by atoms with Crippen molar-refractivity contribution in [1.82, 2.24) is 4.98 Å². The van der Waals surface area contributed by atoms with Gasteiger partial charge in [0, 0.05) is 10.4 Å². The molecule has 3 aromatic rings. The highest BCUT2D eigenvalue weighted by atomic mass is 35.5. The zero-order valence-electron chi connectivity index (χ0n) is 12.0. The van der Waals surface area contributed by atoms with Gasteiger partial charge in [-0.05, 0) is 42.3 Å². The van der Waals surface area contributed by atoms with Crippen molar-refractivity contribution in [1.29, 1.82) is 0 Å². The summed E-state index contributed by atoms with van der Waals surface area (Å²) in [5.41, 5.74) is 2.93. The summed E-state index contributed by atoms with van der Waals surface area (Å²) >= 11 is 6.11. The smallest absolute Gasteiger partial charge is 0.356 e. The van der Waals surface area contributed by atoms with E-state index in [1.807, 2.05) is 42.5 Å². The Morgan fingerprint density at radius 1 is 1.14 bits per heavy atom. The molecule has 0 aliphatic rings. The van der Waals surface area contributed by atoms with E-state index in [0.717, 1.165) is 16.5 Å². The highest BCUT2D eigenvalue weighted by molar-refractivity contribution is 6.31. The molecular weight excluding hydrogens is 298 g/mol. The number of esters is 1. The average molecular weight is 312 g/mol. The molecule has 0 radical (unpaired) electrons. The molecule has 0 aliphatic heterocycles. The van der Waals surface area contributed by atoms with E-state index in [4.69, 9.17) is 16.3 Å². The predicted molar refractivity (Wildman–Crippen MR) is 88.1 cm³/mol. The molecule has 0 N–H and O–H groups in total. The quantitative estimate of drug-likeness (QED) is 0.656. The fraction of sp³-hybridized carbons (Fsp3) is 0.111. The number of rotatable bonds is 3. The number of hydrogen-bond donors (Lipinski definition) is 0. The molecule has 0 spiro atoms. The zero-order valence-corrected chi connectivity index (χ0v) is 12.8. The Balaban J connectivity index is 2.26. The Morgan fingerprint density at radius 3 is 2.64 bits per heavy atom. The second-order valence-electron chi connectivity index (χ2n) is 4.80. The lowest BCUT2D eigenvalue weighted by molar-refractivity contribution is 0.0520. The maximum absolute atomic E-state index is 12.0. The number of aromatic nitrogens is 1. The van der Waals surface area contributed by atoms with Gasteiger partial charge in [-0.3, -0.25) is 0 Å². The molecule has 0 atom stereocenters. The minimum Gasteiger partial charge on any atom is -0.461 e. The van der Waals surface area contributed by atoms with Crippen LogP contribution in [0.25, 0.3) is 22.0 Å². The number of fused-ring (bicyclic) bond motifs is 1. The number of ether oxygens (including phenoxy) is 1. The third kappa shape index (κ3) is 2.81. The molecule has 110 valence electrons. The molecule has 0 saturated heterocycles. The van der Waals surface area contributed by atoms with Crippen LogP contribution in [0.5, 0.6) is 0 Å². The van der Waals surface area contributed by atoms with Crippen LogP contribution in [0, 0.1) is 0 Å². The van der Waals surface area contributed by atoms with Gasteiger partial charge >= 0.3 is 5.97 Å². The molecule has 0 fully saturated rings. The second kappa shape index (κ2) is 6.16. The predicted octanol–water partition coefficient (Wildman–Crippen LogP) is 4.73. The molecule has 0 saturated carbocycles. The molecular formula is C18H14ClNO2. The van der Waals surface area contributed by atoms with E-state index in [1.54, 1.807) is 19.1 Å². The van der Waals surface area contributed by atoms with Crippen LogP contribution in [0.4, 0.5) is 0 Å². The normalized spacial score (nSPS) is 10.6. The summed E-state index contributed by atoms with van der Waals surface area (Å²) in [6, 6.07) is 17.0. The lowest BCUT2D eigenvalue weighted by Gasteiger charge is -2.10. The summed E-state index contributed by atoms with van der Waals surface area (Å²) in [5.74, 6) is -0.420. The molecule has 22 heavy (non-hydrogen) atoms. The second-order valence-corrected chi connectivity index (χ2v) is 5.24. The molecule has 0 unspecified atom stereocenters. The van der Waals surface area contributed by atoms with Crippen molar-refractivity contribution in [3.63, 3.8) is 0 Å². The minimum absolute atomic E-state index is 0.301. The van der Waals surface area contributed by atoms with Crippen molar-refractivity contribution >= 4 is 28.5 Å². The van der Waals surface area contributed by atoms with Gasteiger partial charge in [0.1, 0.15) is 5.69 Å². The van der Waals surface area contributed by atoms with Gasteiger partial charge in [-0.15, -0.1) is 0 Å². The van der Waals surface area contributed by atoms with E-state index in [-0.39, 0.29) is 0 Å². The fourth-order valence-corrected chi connectivity index (χ4v) is 2.54. The molecule has 3 rings (SSSR count). The number of carbonyl (C=O) groups is 1. The van der Waals surface area contributed by atoms with Crippen LogP contribution >= 0.6 is 11.6 Å². The number of nitrogens with zero attached hydrogens (tertiary/aromatic N) is 1. The monoisotopic (exact) mass is 311 g/mol. The van der Waals surface area contributed by atoms with E-state index in [9.17, 15) is 4.79 Å². The van der Waals surface area contributed by atoms with E-state index < -0.39 is 5.97 Å². The first kappa shape index (κ1) is 14.5. The molecule has 4 heteroatoms. The first-order valence-electron chi connectivity index (χ1n) is 7.02. The molecule has 0 amide bonds. The molecule has 0 bridgehead atoms. The van der Waals surface area contributed by atoms with Crippen LogP contribution in [0.3, 0.4) is 0 Å². The maximum atomic E-state index is 12.0. The number of benzene rings is 2. The molecule has 0 aliphatic carbocycles. The third-order valence-corrected chi connectivity index (χ3v) is 3.58. The third-order valence-electron chi connectivity index (χ3n) is 3.34. The molecule has 1 aromatic heterocycles. The van der Waals surface area contributed by atoms with Crippen molar-refractivity contribution in [2.24, 2.45) is 0 Å². The Bertz CT molecular complexity index is 831. The lowest BCUT2D eigenvalue weighted by Crippen LogP contribution is -2.07.